The van der Waals surface area contributed by atoms with E-state index in [4.69, 9.17) is 23.7 Å². The molecule has 5 N–H and O–H groups in total. The molecule has 262 valence electrons. The molecule has 2 heterocycles. The van der Waals surface area contributed by atoms with Crippen molar-refractivity contribution in [1.82, 2.24) is 10.2 Å². The number of carbonyl (C=O) groups excluding carboxylic acids is 3. The summed E-state index contributed by atoms with van der Waals surface area (Å²) in [6, 6.07) is 9.65. The first-order valence-electron chi connectivity index (χ1n) is 15.5. The number of benzene rings is 2. The van der Waals surface area contributed by atoms with Gasteiger partial charge in [-0.25, -0.2) is 9.59 Å². The van der Waals surface area contributed by atoms with Crippen molar-refractivity contribution >= 4 is 23.8 Å². The largest absolute Gasteiger partial charge is 0.493 e. The van der Waals surface area contributed by atoms with Gasteiger partial charge in [0.2, 0.25) is 12.2 Å². The zero-order valence-electron chi connectivity index (χ0n) is 27.1. The van der Waals surface area contributed by atoms with Gasteiger partial charge in [0.05, 0.1) is 26.9 Å². The Morgan fingerprint density at radius 1 is 0.979 bits per heavy atom. The van der Waals surface area contributed by atoms with Crippen LogP contribution in [0.5, 0.6) is 11.5 Å². The molecule has 0 saturated carbocycles. The molecule has 2 aliphatic heterocycles. The van der Waals surface area contributed by atoms with E-state index in [1.807, 2.05) is 30.3 Å². The minimum atomic E-state index is -2.00. The van der Waals surface area contributed by atoms with Crippen molar-refractivity contribution in [2.24, 2.45) is 0 Å². The summed E-state index contributed by atoms with van der Waals surface area (Å²) < 4.78 is 26.6. The number of amides is 1. The number of carboxylic acids is 1. The number of aliphatic carboxylic acids is 1. The Labute approximate surface area is 277 Å². The second kappa shape index (κ2) is 16.2. The quantitative estimate of drug-likeness (QED) is 0.176. The number of carbonyl (C=O) groups is 4. The number of aliphatic hydroxyl groups is 3. The van der Waals surface area contributed by atoms with Crippen LogP contribution in [0.4, 0.5) is 0 Å². The van der Waals surface area contributed by atoms with Crippen LogP contribution in [0.1, 0.15) is 37.0 Å². The zero-order chi connectivity index (χ0) is 35.1. The second-order valence-corrected chi connectivity index (χ2v) is 11.6. The number of ether oxygens (including phenoxy) is 5. The van der Waals surface area contributed by atoms with Crippen LogP contribution < -0.4 is 14.8 Å². The molecule has 2 aromatic carbocycles. The highest BCUT2D eigenvalue weighted by atomic mass is 16.7. The molecule has 0 aliphatic carbocycles. The molecule has 2 aliphatic rings. The average Bonchev–Trinajstić information content (AvgIpc) is 3.08. The lowest BCUT2D eigenvalue weighted by Gasteiger charge is -2.41. The zero-order valence-corrected chi connectivity index (χ0v) is 27.1. The van der Waals surface area contributed by atoms with E-state index >= 15 is 0 Å². The van der Waals surface area contributed by atoms with Crippen LogP contribution in [0.15, 0.2) is 42.5 Å². The summed E-state index contributed by atoms with van der Waals surface area (Å²) in [6.07, 6.45) is -9.19. The van der Waals surface area contributed by atoms with E-state index in [9.17, 15) is 39.6 Å². The van der Waals surface area contributed by atoms with Crippen molar-refractivity contribution in [2.75, 3.05) is 20.8 Å². The molecule has 3 unspecified atom stereocenters. The van der Waals surface area contributed by atoms with E-state index in [2.05, 4.69) is 5.32 Å². The molecule has 1 fully saturated rings. The number of hydrogen-bond acceptors (Lipinski definition) is 13. The van der Waals surface area contributed by atoms with E-state index in [-0.39, 0.29) is 19.6 Å². The van der Waals surface area contributed by atoms with E-state index in [0.29, 0.717) is 35.5 Å². The SMILES string of the molecule is CCOC(=O)[C@H](CCc1ccccc1)N[C@@H](C)C(=O)N1Cc2cc(OC)c(OC)cc2CC1C(=O)O[C@@H]1OC(C(=O)O)[C@@H](O)[C@@H](O)C1O. The van der Waals surface area contributed by atoms with E-state index in [1.165, 1.54) is 19.1 Å². The Morgan fingerprint density at radius 3 is 2.23 bits per heavy atom. The Morgan fingerprint density at radius 2 is 1.62 bits per heavy atom. The minimum Gasteiger partial charge on any atom is -0.493 e. The predicted molar refractivity (Wildman–Crippen MR) is 166 cm³/mol. The maximum Gasteiger partial charge on any atom is 0.335 e. The lowest BCUT2D eigenvalue weighted by atomic mass is 9.92. The Balaban J connectivity index is 1.61. The molecular weight excluding hydrogens is 632 g/mol. The second-order valence-electron chi connectivity index (χ2n) is 11.6. The third-order valence-electron chi connectivity index (χ3n) is 8.39. The Hall–Kier alpha value is -4.28. The number of aliphatic hydroxyl groups excluding tert-OH is 3. The standard InChI is InChI=1S/C33H42N2O13/c1-5-46-31(42)21(12-11-18-9-7-6-8-10-18)34-17(2)29(39)35-16-20-15-24(45-4)23(44-3)14-19(20)13-22(35)32(43)48-33-27(38)25(36)26(37)28(47-33)30(40)41/h6-10,14-15,17,21-22,25-28,33-34,36-38H,5,11-13,16H2,1-4H3,(H,40,41)/t17-,21-,22?,25+,26-,27?,28?,33-/m0/s1. The topological polar surface area (TPSA) is 211 Å². The van der Waals surface area contributed by atoms with Crippen LogP contribution in [-0.2, 0) is 52.8 Å². The van der Waals surface area contributed by atoms with Gasteiger partial charge in [-0.15, -0.1) is 0 Å². The van der Waals surface area contributed by atoms with E-state index < -0.39 is 72.6 Å². The van der Waals surface area contributed by atoms with Gasteiger partial charge in [0.25, 0.3) is 0 Å². The smallest absolute Gasteiger partial charge is 0.335 e. The summed E-state index contributed by atoms with van der Waals surface area (Å²) in [4.78, 5) is 53.6. The highest BCUT2D eigenvalue weighted by Gasteiger charge is 2.50. The third kappa shape index (κ3) is 8.22. The van der Waals surface area contributed by atoms with Gasteiger partial charge in [-0.05, 0) is 55.5 Å². The van der Waals surface area contributed by atoms with Crippen LogP contribution in [-0.4, -0.2) is 119 Å². The van der Waals surface area contributed by atoms with Crippen LogP contribution >= 0.6 is 0 Å². The van der Waals surface area contributed by atoms with Crippen LogP contribution in [0, 0.1) is 0 Å². The number of carboxylic acid groups (broad SMARTS) is 1. The van der Waals surface area contributed by atoms with Gasteiger partial charge in [0, 0.05) is 13.0 Å². The summed E-state index contributed by atoms with van der Waals surface area (Å²) in [6.45, 7) is 3.27. The summed E-state index contributed by atoms with van der Waals surface area (Å²) >= 11 is 0. The van der Waals surface area contributed by atoms with Gasteiger partial charge in [0.15, 0.2) is 17.6 Å². The number of fused-ring (bicyclic) bond motifs is 1. The molecular formula is C33H42N2O13. The fourth-order valence-electron chi connectivity index (χ4n) is 5.79. The van der Waals surface area contributed by atoms with Crippen molar-refractivity contribution in [2.45, 2.75) is 88.5 Å². The summed E-state index contributed by atoms with van der Waals surface area (Å²) in [5.41, 5.74) is 2.25. The maximum absolute atomic E-state index is 14.1. The number of aryl methyl sites for hydroxylation is 1. The highest BCUT2D eigenvalue weighted by molar-refractivity contribution is 5.89. The van der Waals surface area contributed by atoms with Crippen LogP contribution in [0.25, 0.3) is 0 Å². The molecule has 0 spiro atoms. The summed E-state index contributed by atoms with van der Waals surface area (Å²) in [5, 5.41) is 43.2. The summed E-state index contributed by atoms with van der Waals surface area (Å²) in [7, 11) is 2.90. The molecule has 0 aromatic heterocycles. The van der Waals surface area contributed by atoms with Crippen molar-refractivity contribution in [3.05, 3.63) is 59.2 Å². The number of esters is 2. The highest BCUT2D eigenvalue weighted by Crippen LogP contribution is 2.35. The predicted octanol–water partition coefficient (Wildman–Crippen LogP) is -0.0649. The molecule has 1 saturated heterocycles. The fraction of sp³-hybridized carbons (Fsp3) is 0.515. The first-order valence-corrected chi connectivity index (χ1v) is 15.5. The monoisotopic (exact) mass is 674 g/mol. The molecule has 48 heavy (non-hydrogen) atoms. The molecule has 0 radical (unpaired) electrons. The number of rotatable bonds is 13. The maximum atomic E-state index is 14.1. The fourth-order valence-corrected chi connectivity index (χ4v) is 5.79. The van der Waals surface area contributed by atoms with E-state index in [1.54, 1.807) is 26.0 Å². The third-order valence-corrected chi connectivity index (χ3v) is 8.39. The van der Waals surface area contributed by atoms with Crippen LogP contribution in [0.2, 0.25) is 0 Å². The van der Waals surface area contributed by atoms with Crippen molar-refractivity contribution in [3.63, 3.8) is 0 Å². The lowest BCUT2D eigenvalue weighted by Crippen LogP contribution is -2.62. The number of nitrogens with one attached hydrogen (secondary N) is 1. The number of hydrogen-bond donors (Lipinski definition) is 5. The molecule has 15 nitrogen and oxygen atoms in total. The van der Waals surface area contributed by atoms with Gasteiger partial charge in [-0.2, -0.15) is 0 Å². The first-order chi connectivity index (χ1) is 22.9. The first kappa shape index (κ1) is 36.6. The molecule has 8 atom stereocenters. The molecule has 4 rings (SSSR count). The van der Waals surface area contributed by atoms with Gasteiger partial charge in [-0.1, -0.05) is 30.3 Å². The van der Waals surface area contributed by atoms with Gasteiger partial charge in [-0.3, -0.25) is 14.9 Å². The molecule has 15 heteroatoms. The van der Waals surface area contributed by atoms with Gasteiger partial charge < -0.3 is 49.0 Å². The van der Waals surface area contributed by atoms with Gasteiger partial charge in [0.1, 0.15) is 30.4 Å². The molecule has 0 bridgehead atoms. The van der Waals surface area contributed by atoms with E-state index in [0.717, 1.165) is 5.56 Å². The van der Waals surface area contributed by atoms with Crippen molar-refractivity contribution in [3.8, 4) is 11.5 Å². The summed E-state index contributed by atoms with van der Waals surface area (Å²) in [5.74, 6) is -3.06. The number of methoxy groups -OCH3 is 2. The Bertz CT molecular complexity index is 1450. The normalized spacial score (nSPS) is 24.9. The number of nitrogens with zero attached hydrogens (tertiary/aromatic N) is 1. The van der Waals surface area contributed by atoms with Gasteiger partial charge >= 0.3 is 17.9 Å². The molecule has 2 aromatic rings. The Kier molecular flexibility index (Phi) is 12.3. The lowest BCUT2D eigenvalue weighted by molar-refractivity contribution is -0.287. The van der Waals surface area contributed by atoms with Crippen molar-refractivity contribution < 1.29 is 63.3 Å². The molecule has 1 amide bonds. The van der Waals surface area contributed by atoms with Crippen LogP contribution in [0.3, 0.4) is 0 Å². The average molecular weight is 675 g/mol. The van der Waals surface area contributed by atoms with Crippen molar-refractivity contribution in [1.29, 1.82) is 0 Å². The minimum absolute atomic E-state index is 0.0847.